The van der Waals surface area contributed by atoms with Gasteiger partial charge in [0.2, 0.25) is 5.91 Å². The lowest BCUT2D eigenvalue weighted by Crippen LogP contribution is -2.30. The van der Waals surface area contributed by atoms with E-state index in [4.69, 9.17) is 0 Å². The third kappa shape index (κ3) is 3.35. The van der Waals surface area contributed by atoms with E-state index in [9.17, 15) is 4.79 Å². The van der Waals surface area contributed by atoms with Gasteiger partial charge in [-0.15, -0.1) is 21.5 Å². The number of thiazole rings is 1. The molecule has 0 aliphatic heterocycles. The molecule has 2 aromatic heterocycles. The molecule has 22 heavy (non-hydrogen) atoms. The van der Waals surface area contributed by atoms with Crippen molar-refractivity contribution >= 4 is 17.2 Å². The summed E-state index contributed by atoms with van der Waals surface area (Å²) in [5.41, 5.74) is 0.824. The molecule has 0 spiro atoms. The van der Waals surface area contributed by atoms with Crippen molar-refractivity contribution < 1.29 is 4.79 Å². The zero-order valence-corrected chi connectivity index (χ0v) is 13.8. The van der Waals surface area contributed by atoms with E-state index in [2.05, 4.69) is 25.1 Å². The van der Waals surface area contributed by atoms with Gasteiger partial charge in [0.15, 0.2) is 5.82 Å². The molecule has 2 aromatic rings. The fourth-order valence-electron chi connectivity index (χ4n) is 3.04. The molecule has 1 fully saturated rings. The van der Waals surface area contributed by atoms with E-state index in [1.165, 1.54) is 25.7 Å². The molecular formula is C15H21N5OS. The van der Waals surface area contributed by atoms with Crippen molar-refractivity contribution in [2.45, 2.75) is 58.0 Å². The van der Waals surface area contributed by atoms with Crippen LogP contribution in [0, 0.1) is 6.92 Å². The first-order valence-corrected chi connectivity index (χ1v) is 8.61. The van der Waals surface area contributed by atoms with Gasteiger partial charge in [-0.25, -0.2) is 4.98 Å². The molecule has 3 rings (SSSR count). The summed E-state index contributed by atoms with van der Waals surface area (Å²) < 4.78 is 2.13. The molecule has 6 nitrogen and oxygen atoms in total. The smallest absolute Gasteiger partial charge is 0.226 e. The minimum Gasteiger partial charge on any atom is -0.346 e. The summed E-state index contributed by atoms with van der Waals surface area (Å²) in [7, 11) is 0. The Bertz CT molecular complexity index is 644. The van der Waals surface area contributed by atoms with Crippen LogP contribution in [0.2, 0.25) is 0 Å². The van der Waals surface area contributed by atoms with Gasteiger partial charge in [-0.3, -0.25) is 4.79 Å². The summed E-state index contributed by atoms with van der Waals surface area (Å²) in [6.07, 6.45) is 6.95. The normalized spacial score (nSPS) is 16.8. The van der Waals surface area contributed by atoms with Gasteiger partial charge >= 0.3 is 0 Å². The molecule has 1 saturated carbocycles. The standard InChI is InChI=1S/C15H21N5OS/c1-10(17-14(21)7-12-8-22-11(2)18-12)15-19-16-9-20(15)13-5-3-4-6-13/h8-10,13H,3-7H2,1-2H3,(H,17,21). The van der Waals surface area contributed by atoms with E-state index < -0.39 is 0 Å². The number of carbonyl (C=O) groups is 1. The molecule has 0 bridgehead atoms. The van der Waals surface area contributed by atoms with Gasteiger partial charge in [0.05, 0.1) is 23.2 Å². The van der Waals surface area contributed by atoms with Gasteiger partial charge in [-0.05, 0) is 26.7 Å². The van der Waals surface area contributed by atoms with Crippen LogP contribution in [0.5, 0.6) is 0 Å². The fraction of sp³-hybridized carbons (Fsp3) is 0.600. The first kappa shape index (κ1) is 15.1. The van der Waals surface area contributed by atoms with Crippen molar-refractivity contribution in [1.82, 2.24) is 25.1 Å². The number of rotatable bonds is 5. The molecule has 1 aliphatic carbocycles. The van der Waals surface area contributed by atoms with Gasteiger partial charge in [0, 0.05) is 11.4 Å². The van der Waals surface area contributed by atoms with Crippen molar-refractivity contribution in [2.24, 2.45) is 0 Å². The first-order chi connectivity index (χ1) is 10.6. The maximum Gasteiger partial charge on any atom is 0.226 e. The molecule has 7 heteroatoms. The molecule has 1 unspecified atom stereocenters. The Morgan fingerprint density at radius 2 is 2.27 bits per heavy atom. The number of hydrogen-bond acceptors (Lipinski definition) is 5. The van der Waals surface area contributed by atoms with E-state index in [1.54, 1.807) is 17.7 Å². The largest absolute Gasteiger partial charge is 0.346 e. The Hall–Kier alpha value is -1.76. The summed E-state index contributed by atoms with van der Waals surface area (Å²) >= 11 is 1.56. The van der Waals surface area contributed by atoms with Crippen LogP contribution in [-0.2, 0) is 11.2 Å². The van der Waals surface area contributed by atoms with Crippen LogP contribution < -0.4 is 5.32 Å². The van der Waals surface area contributed by atoms with Crippen molar-refractivity contribution in [1.29, 1.82) is 0 Å². The Kier molecular flexibility index (Phi) is 4.52. The molecule has 1 atom stereocenters. The quantitative estimate of drug-likeness (QED) is 0.919. The Balaban J connectivity index is 1.63. The minimum atomic E-state index is -0.143. The summed E-state index contributed by atoms with van der Waals surface area (Å²) in [5.74, 6) is 0.813. The second kappa shape index (κ2) is 6.56. The van der Waals surface area contributed by atoms with Crippen molar-refractivity contribution in [2.75, 3.05) is 0 Å². The maximum atomic E-state index is 12.2. The van der Waals surface area contributed by atoms with Gasteiger partial charge in [0.25, 0.3) is 0 Å². The van der Waals surface area contributed by atoms with Crippen LogP contribution >= 0.6 is 11.3 Å². The van der Waals surface area contributed by atoms with Crippen LogP contribution in [0.25, 0.3) is 0 Å². The highest BCUT2D eigenvalue weighted by Crippen LogP contribution is 2.31. The number of nitrogens with zero attached hydrogens (tertiary/aromatic N) is 4. The average molecular weight is 319 g/mol. The molecule has 1 N–H and O–H groups in total. The Morgan fingerprint density at radius 1 is 1.50 bits per heavy atom. The predicted octanol–water partition coefficient (Wildman–Crippen LogP) is 2.58. The van der Waals surface area contributed by atoms with Crippen LogP contribution in [-0.4, -0.2) is 25.7 Å². The van der Waals surface area contributed by atoms with Gasteiger partial charge in [-0.1, -0.05) is 12.8 Å². The molecule has 0 radical (unpaired) electrons. The van der Waals surface area contributed by atoms with E-state index >= 15 is 0 Å². The highest BCUT2D eigenvalue weighted by molar-refractivity contribution is 7.09. The lowest BCUT2D eigenvalue weighted by Gasteiger charge is -2.18. The number of aryl methyl sites for hydroxylation is 1. The fourth-order valence-corrected chi connectivity index (χ4v) is 3.65. The van der Waals surface area contributed by atoms with E-state index in [-0.39, 0.29) is 11.9 Å². The predicted molar refractivity (Wildman–Crippen MR) is 84.6 cm³/mol. The number of amides is 1. The Labute approximate surface area is 134 Å². The van der Waals surface area contributed by atoms with Crippen LogP contribution in [0.1, 0.15) is 61.2 Å². The molecule has 118 valence electrons. The maximum absolute atomic E-state index is 12.2. The van der Waals surface area contributed by atoms with E-state index in [1.807, 2.05) is 19.2 Å². The van der Waals surface area contributed by atoms with Gasteiger partial charge < -0.3 is 9.88 Å². The zero-order chi connectivity index (χ0) is 15.5. The Morgan fingerprint density at radius 3 is 2.95 bits per heavy atom. The van der Waals surface area contributed by atoms with Crippen molar-refractivity contribution in [3.63, 3.8) is 0 Å². The van der Waals surface area contributed by atoms with Gasteiger partial charge in [0.1, 0.15) is 6.33 Å². The molecular weight excluding hydrogens is 298 g/mol. The summed E-state index contributed by atoms with van der Waals surface area (Å²) in [6.45, 7) is 3.90. The van der Waals surface area contributed by atoms with Crippen LogP contribution in [0.3, 0.4) is 0 Å². The lowest BCUT2D eigenvalue weighted by atomic mass is 10.2. The third-order valence-electron chi connectivity index (χ3n) is 4.09. The van der Waals surface area contributed by atoms with Crippen molar-refractivity contribution in [3.05, 3.63) is 28.2 Å². The summed E-state index contributed by atoms with van der Waals surface area (Å²) in [6, 6.07) is 0.334. The van der Waals surface area contributed by atoms with E-state index in [0.717, 1.165) is 16.5 Å². The van der Waals surface area contributed by atoms with Crippen molar-refractivity contribution in [3.8, 4) is 0 Å². The monoisotopic (exact) mass is 319 g/mol. The zero-order valence-electron chi connectivity index (χ0n) is 13.0. The number of carbonyl (C=O) groups excluding carboxylic acids is 1. The van der Waals surface area contributed by atoms with Crippen LogP contribution in [0.15, 0.2) is 11.7 Å². The van der Waals surface area contributed by atoms with Crippen LogP contribution in [0.4, 0.5) is 0 Å². The molecule has 2 heterocycles. The number of nitrogens with one attached hydrogen (secondary N) is 1. The number of aromatic nitrogens is 4. The third-order valence-corrected chi connectivity index (χ3v) is 4.91. The second-order valence-electron chi connectivity index (χ2n) is 5.86. The lowest BCUT2D eigenvalue weighted by molar-refractivity contribution is -0.121. The number of hydrogen-bond donors (Lipinski definition) is 1. The molecule has 1 amide bonds. The van der Waals surface area contributed by atoms with Gasteiger partial charge in [-0.2, -0.15) is 0 Å². The first-order valence-electron chi connectivity index (χ1n) is 7.73. The van der Waals surface area contributed by atoms with E-state index in [0.29, 0.717) is 12.5 Å². The summed E-state index contributed by atoms with van der Waals surface area (Å²) in [5, 5.41) is 14.2. The topological polar surface area (TPSA) is 72.7 Å². The highest BCUT2D eigenvalue weighted by Gasteiger charge is 2.23. The molecule has 0 saturated heterocycles. The second-order valence-corrected chi connectivity index (χ2v) is 6.92. The minimum absolute atomic E-state index is 0.0289. The molecule has 0 aromatic carbocycles. The molecule has 1 aliphatic rings. The SMILES string of the molecule is Cc1nc(CC(=O)NC(C)c2nncn2C2CCCC2)cs1. The summed E-state index contributed by atoms with van der Waals surface area (Å²) in [4.78, 5) is 16.5. The highest BCUT2D eigenvalue weighted by atomic mass is 32.1. The average Bonchev–Trinajstić information content (AvgIpc) is 3.17.